The van der Waals surface area contributed by atoms with Crippen molar-refractivity contribution in [3.05, 3.63) is 33.8 Å². The molecule has 2 atom stereocenters. The third-order valence-electron chi connectivity index (χ3n) is 3.22. The predicted octanol–water partition coefficient (Wildman–Crippen LogP) is 3.74. The second-order valence-electron chi connectivity index (χ2n) is 4.40. The summed E-state index contributed by atoms with van der Waals surface area (Å²) in [6, 6.07) is 5.48. The molecule has 0 radical (unpaired) electrons. The lowest BCUT2D eigenvalue weighted by Crippen LogP contribution is -2.04. The predicted molar refractivity (Wildman–Crippen MR) is 68.4 cm³/mol. The Kier molecular flexibility index (Phi) is 3.95. The van der Waals surface area contributed by atoms with Crippen LogP contribution < -0.4 is 0 Å². The summed E-state index contributed by atoms with van der Waals surface area (Å²) in [5.74, 6) is 0.447. The number of hydrogen-bond acceptors (Lipinski definition) is 2. The summed E-state index contributed by atoms with van der Waals surface area (Å²) in [4.78, 5) is 11.2. The van der Waals surface area contributed by atoms with Crippen LogP contribution in [0.5, 0.6) is 0 Å². The van der Waals surface area contributed by atoms with Gasteiger partial charge >= 0.3 is 5.97 Å². The van der Waals surface area contributed by atoms with Crippen molar-refractivity contribution in [3.8, 4) is 0 Å². The lowest BCUT2D eigenvalue weighted by atomic mass is 10.1. The van der Waals surface area contributed by atoms with E-state index in [4.69, 9.17) is 27.9 Å². The van der Waals surface area contributed by atoms with Crippen LogP contribution in [-0.2, 0) is 16.0 Å². The third-order valence-corrected chi connectivity index (χ3v) is 3.82. The second-order valence-corrected chi connectivity index (χ2v) is 5.24. The molecule has 1 fully saturated rings. The number of carbonyl (C=O) groups excluding carboxylic acids is 1. The molecule has 17 heavy (non-hydrogen) atoms. The average Bonchev–Trinajstić information content (AvgIpc) is 3.09. The first-order chi connectivity index (χ1) is 8.11. The Morgan fingerprint density at radius 1 is 1.47 bits per heavy atom. The molecular formula is C13H14Cl2O2. The Bertz CT molecular complexity index is 431. The molecule has 2 unspecified atom stereocenters. The number of methoxy groups -OCH3 is 1. The third kappa shape index (κ3) is 3.14. The molecule has 2 nitrogen and oxygen atoms in total. The fourth-order valence-electron chi connectivity index (χ4n) is 2.08. The minimum absolute atomic E-state index is 0.0906. The molecule has 1 aliphatic carbocycles. The molecule has 0 amide bonds. The number of halogens is 2. The fourth-order valence-corrected chi connectivity index (χ4v) is 2.49. The van der Waals surface area contributed by atoms with Crippen LogP contribution in [0, 0.1) is 11.8 Å². The van der Waals surface area contributed by atoms with Crippen molar-refractivity contribution in [2.24, 2.45) is 11.8 Å². The molecule has 1 aliphatic rings. The van der Waals surface area contributed by atoms with Gasteiger partial charge in [0.15, 0.2) is 0 Å². The standard InChI is InChI=1S/C13H14Cl2O2/c1-17-13(16)11-7-8(11)2-3-9-6-10(14)4-5-12(9)15/h4-6,8,11H,2-3,7H2,1H3. The lowest BCUT2D eigenvalue weighted by Gasteiger charge is -2.04. The molecule has 1 saturated carbocycles. The molecular weight excluding hydrogens is 259 g/mol. The number of ether oxygens (including phenoxy) is 1. The summed E-state index contributed by atoms with van der Waals surface area (Å²) in [6.45, 7) is 0. The van der Waals surface area contributed by atoms with E-state index in [0.29, 0.717) is 10.9 Å². The van der Waals surface area contributed by atoms with Gasteiger partial charge in [0.2, 0.25) is 0 Å². The van der Waals surface area contributed by atoms with Crippen LogP contribution in [0.25, 0.3) is 0 Å². The first kappa shape index (κ1) is 12.7. The highest BCUT2D eigenvalue weighted by molar-refractivity contribution is 6.33. The van der Waals surface area contributed by atoms with E-state index < -0.39 is 0 Å². The molecule has 0 aromatic heterocycles. The normalized spacial score (nSPS) is 22.3. The van der Waals surface area contributed by atoms with Gasteiger partial charge in [0.25, 0.3) is 0 Å². The van der Waals surface area contributed by atoms with Crippen molar-refractivity contribution in [2.45, 2.75) is 19.3 Å². The summed E-state index contributed by atoms with van der Waals surface area (Å²) < 4.78 is 4.71. The van der Waals surface area contributed by atoms with Gasteiger partial charge in [-0.25, -0.2) is 0 Å². The highest BCUT2D eigenvalue weighted by Crippen LogP contribution is 2.43. The zero-order chi connectivity index (χ0) is 12.4. The molecule has 0 N–H and O–H groups in total. The molecule has 92 valence electrons. The molecule has 1 aromatic rings. The van der Waals surface area contributed by atoms with E-state index in [1.165, 1.54) is 7.11 Å². The topological polar surface area (TPSA) is 26.3 Å². The number of rotatable bonds is 4. The first-order valence-electron chi connectivity index (χ1n) is 5.63. The Labute approximate surface area is 111 Å². The van der Waals surface area contributed by atoms with Crippen LogP contribution in [0.4, 0.5) is 0 Å². The summed E-state index contributed by atoms with van der Waals surface area (Å²) in [7, 11) is 1.44. The zero-order valence-corrected chi connectivity index (χ0v) is 11.1. The van der Waals surface area contributed by atoms with Gasteiger partial charge in [-0.05, 0) is 48.9 Å². The Hall–Kier alpha value is -0.730. The quantitative estimate of drug-likeness (QED) is 0.781. The van der Waals surface area contributed by atoms with Gasteiger partial charge in [0.05, 0.1) is 13.0 Å². The number of aryl methyl sites for hydroxylation is 1. The van der Waals surface area contributed by atoms with Crippen molar-refractivity contribution >= 4 is 29.2 Å². The number of hydrogen-bond donors (Lipinski definition) is 0. The van der Waals surface area contributed by atoms with Gasteiger partial charge < -0.3 is 4.74 Å². The largest absolute Gasteiger partial charge is 0.469 e. The number of esters is 1. The van der Waals surface area contributed by atoms with Crippen LogP contribution in [0.3, 0.4) is 0 Å². The van der Waals surface area contributed by atoms with Crippen molar-refractivity contribution in [3.63, 3.8) is 0 Å². The van der Waals surface area contributed by atoms with E-state index >= 15 is 0 Å². The van der Waals surface area contributed by atoms with E-state index in [0.717, 1.165) is 29.8 Å². The van der Waals surface area contributed by atoms with Crippen LogP contribution >= 0.6 is 23.2 Å². The highest BCUT2D eigenvalue weighted by Gasteiger charge is 2.43. The van der Waals surface area contributed by atoms with Crippen molar-refractivity contribution < 1.29 is 9.53 Å². The van der Waals surface area contributed by atoms with Crippen LogP contribution in [-0.4, -0.2) is 13.1 Å². The fraction of sp³-hybridized carbons (Fsp3) is 0.462. The Balaban J connectivity index is 1.87. The van der Waals surface area contributed by atoms with Gasteiger partial charge in [-0.1, -0.05) is 23.2 Å². The zero-order valence-electron chi connectivity index (χ0n) is 9.58. The molecule has 0 spiro atoms. The van der Waals surface area contributed by atoms with Gasteiger partial charge in [0.1, 0.15) is 0 Å². The lowest BCUT2D eigenvalue weighted by molar-refractivity contribution is -0.142. The van der Waals surface area contributed by atoms with Crippen LogP contribution in [0.15, 0.2) is 18.2 Å². The maximum Gasteiger partial charge on any atom is 0.308 e. The molecule has 0 saturated heterocycles. The van der Waals surface area contributed by atoms with Gasteiger partial charge in [-0.15, -0.1) is 0 Å². The summed E-state index contributed by atoms with van der Waals surface area (Å²) in [5.41, 5.74) is 1.05. The molecule has 4 heteroatoms. The van der Waals surface area contributed by atoms with Gasteiger partial charge in [-0.2, -0.15) is 0 Å². The number of benzene rings is 1. The average molecular weight is 273 g/mol. The van der Waals surface area contributed by atoms with E-state index in [1.807, 2.05) is 12.1 Å². The maximum absolute atomic E-state index is 11.2. The minimum atomic E-state index is -0.0906. The highest BCUT2D eigenvalue weighted by atomic mass is 35.5. The van der Waals surface area contributed by atoms with Crippen LogP contribution in [0.2, 0.25) is 10.0 Å². The Morgan fingerprint density at radius 2 is 2.24 bits per heavy atom. The van der Waals surface area contributed by atoms with E-state index in [-0.39, 0.29) is 11.9 Å². The SMILES string of the molecule is COC(=O)C1CC1CCc1cc(Cl)ccc1Cl. The monoisotopic (exact) mass is 272 g/mol. The molecule has 0 aliphatic heterocycles. The van der Waals surface area contributed by atoms with Crippen LogP contribution in [0.1, 0.15) is 18.4 Å². The van der Waals surface area contributed by atoms with Crippen molar-refractivity contribution in [2.75, 3.05) is 7.11 Å². The Morgan fingerprint density at radius 3 is 2.94 bits per heavy atom. The maximum atomic E-state index is 11.2. The van der Waals surface area contributed by atoms with Gasteiger partial charge in [0, 0.05) is 10.0 Å². The molecule has 0 heterocycles. The second kappa shape index (κ2) is 5.28. The van der Waals surface area contributed by atoms with Gasteiger partial charge in [-0.3, -0.25) is 4.79 Å². The van der Waals surface area contributed by atoms with E-state index in [1.54, 1.807) is 6.07 Å². The van der Waals surface area contributed by atoms with E-state index in [2.05, 4.69) is 0 Å². The van der Waals surface area contributed by atoms with Crippen molar-refractivity contribution in [1.82, 2.24) is 0 Å². The van der Waals surface area contributed by atoms with E-state index in [9.17, 15) is 4.79 Å². The smallest absolute Gasteiger partial charge is 0.308 e. The minimum Gasteiger partial charge on any atom is -0.469 e. The molecule has 2 rings (SSSR count). The summed E-state index contributed by atoms with van der Waals surface area (Å²) >= 11 is 12.0. The number of carbonyl (C=O) groups is 1. The summed E-state index contributed by atoms with van der Waals surface area (Å²) in [6.07, 6.45) is 2.75. The summed E-state index contributed by atoms with van der Waals surface area (Å²) in [5, 5.41) is 1.44. The van der Waals surface area contributed by atoms with Crippen molar-refractivity contribution in [1.29, 1.82) is 0 Å². The molecule has 1 aromatic carbocycles. The molecule has 0 bridgehead atoms. The first-order valence-corrected chi connectivity index (χ1v) is 6.39.